The van der Waals surface area contributed by atoms with E-state index in [1.807, 2.05) is 6.07 Å². The maximum absolute atomic E-state index is 13.2. The van der Waals surface area contributed by atoms with Crippen molar-refractivity contribution in [2.45, 2.75) is 32.6 Å². The van der Waals surface area contributed by atoms with Crippen LogP contribution in [0.4, 0.5) is 5.69 Å². The van der Waals surface area contributed by atoms with Crippen LogP contribution in [0.3, 0.4) is 0 Å². The SMILES string of the molecule is CCOC(=O)c1cc(C(=O)c2cccc([N+](=O)[O-])c2)n2ccc3c(c12)CCCC3. The number of fused-ring (bicyclic) bond motifs is 3. The molecule has 148 valence electrons. The van der Waals surface area contributed by atoms with Crippen molar-refractivity contribution in [2.75, 3.05) is 6.61 Å². The van der Waals surface area contributed by atoms with E-state index >= 15 is 0 Å². The number of carbonyl (C=O) groups is 2. The first-order valence-electron chi connectivity index (χ1n) is 9.63. The lowest BCUT2D eigenvalue weighted by atomic mass is 9.91. The molecule has 2 heterocycles. The van der Waals surface area contributed by atoms with Gasteiger partial charge in [-0.25, -0.2) is 4.79 Å². The molecule has 0 atom stereocenters. The average Bonchev–Trinajstić information content (AvgIpc) is 3.14. The number of carbonyl (C=O) groups excluding carboxylic acids is 2. The monoisotopic (exact) mass is 392 g/mol. The summed E-state index contributed by atoms with van der Waals surface area (Å²) in [7, 11) is 0. The summed E-state index contributed by atoms with van der Waals surface area (Å²) in [6.45, 7) is 1.97. The number of non-ortho nitro benzene ring substituents is 1. The van der Waals surface area contributed by atoms with Crippen LogP contribution < -0.4 is 0 Å². The Bertz CT molecular complexity index is 1150. The highest BCUT2D eigenvalue weighted by Gasteiger charge is 2.26. The van der Waals surface area contributed by atoms with Gasteiger partial charge in [-0.3, -0.25) is 14.9 Å². The molecule has 2 aromatic heterocycles. The van der Waals surface area contributed by atoms with E-state index in [-0.39, 0.29) is 29.3 Å². The molecular weight excluding hydrogens is 372 g/mol. The van der Waals surface area contributed by atoms with E-state index in [0.29, 0.717) is 11.1 Å². The van der Waals surface area contributed by atoms with Gasteiger partial charge in [0.15, 0.2) is 0 Å². The number of ketones is 1. The minimum absolute atomic E-state index is 0.153. The summed E-state index contributed by atoms with van der Waals surface area (Å²) >= 11 is 0. The number of aromatic nitrogens is 1. The highest BCUT2D eigenvalue weighted by molar-refractivity contribution is 6.11. The molecule has 0 fully saturated rings. The third-order valence-corrected chi connectivity index (χ3v) is 5.30. The van der Waals surface area contributed by atoms with Crippen molar-refractivity contribution in [3.63, 3.8) is 0 Å². The van der Waals surface area contributed by atoms with Crippen molar-refractivity contribution in [1.82, 2.24) is 4.40 Å². The van der Waals surface area contributed by atoms with Crippen molar-refractivity contribution in [3.05, 3.63) is 80.7 Å². The average molecular weight is 392 g/mol. The van der Waals surface area contributed by atoms with Crippen LogP contribution in [-0.2, 0) is 17.6 Å². The first-order chi connectivity index (χ1) is 14.0. The molecule has 0 saturated carbocycles. The zero-order valence-corrected chi connectivity index (χ0v) is 16.0. The second kappa shape index (κ2) is 7.50. The molecule has 0 unspecified atom stereocenters. The maximum atomic E-state index is 13.2. The lowest BCUT2D eigenvalue weighted by Crippen LogP contribution is -2.10. The summed E-state index contributed by atoms with van der Waals surface area (Å²) < 4.78 is 6.94. The number of rotatable bonds is 5. The van der Waals surface area contributed by atoms with E-state index in [1.165, 1.54) is 29.8 Å². The molecule has 4 rings (SSSR count). The summed E-state index contributed by atoms with van der Waals surface area (Å²) in [5, 5.41) is 11.1. The highest BCUT2D eigenvalue weighted by atomic mass is 16.6. The van der Waals surface area contributed by atoms with E-state index < -0.39 is 10.9 Å². The van der Waals surface area contributed by atoms with Gasteiger partial charge in [-0.2, -0.15) is 0 Å². The Morgan fingerprint density at radius 2 is 1.97 bits per heavy atom. The van der Waals surface area contributed by atoms with Crippen LogP contribution in [0.1, 0.15) is 57.3 Å². The fraction of sp³-hybridized carbons (Fsp3) is 0.273. The van der Waals surface area contributed by atoms with E-state index in [2.05, 4.69) is 0 Å². The Morgan fingerprint density at radius 1 is 1.17 bits per heavy atom. The van der Waals surface area contributed by atoms with Crippen LogP contribution in [0, 0.1) is 10.1 Å². The molecule has 0 aliphatic heterocycles. The van der Waals surface area contributed by atoms with Crippen LogP contribution in [0.5, 0.6) is 0 Å². The summed E-state index contributed by atoms with van der Waals surface area (Å²) in [5.41, 5.74) is 3.65. The van der Waals surface area contributed by atoms with Crippen molar-refractivity contribution >= 4 is 23.0 Å². The van der Waals surface area contributed by atoms with Crippen LogP contribution >= 0.6 is 0 Å². The van der Waals surface area contributed by atoms with Gasteiger partial charge in [-0.15, -0.1) is 0 Å². The summed E-state index contributed by atoms with van der Waals surface area (Å²) in [5.74, 6) is -0.850. The van der Waals surface area contributed by atoms with Gasteiger partial charge in [0.25, 0.3) is 5.69 Å². The third kappa shape index (κ3) is 3.29. The van der Waals surface area contributed by atoms with Crippen molar-refractivity contribution < 1.29 is 19.2 Å². The van der Waals surface area contributed by atoms with Gasteiger partial charge in [0, 0.05) is 23.9 Å². The van der Waals surface area contributed by atoms with Gasteiger partial charge in [0.05, 0.1) is 28.3 Å². The zero-order chi connectivity index (χ0) is 20.5. The first kappa shape index (κ1) is 18.9. The Kier molecular flexibility index (Phi) is 4.88. The fourth-order valence-electron chi connectivity index (χ4n) is 3.98. The number of hydrogen-bond acceptors (Lipinski definition) is 5. The van der Waals surface area contributed by atoms with E-state index in [1.54, 1.807) is 23.6 Å². The number of benzene rings is 1. The maximum Gasteiger partial charge on any atom is 0.340 e. The molecule has 7 heteroatoms. The van der Waals surface area contributed by atoms with Crippen LogP contribution in [0.15, 0.2) is 42.6 Å². The van der Waals surface area contributed by atoms with Gasteiger partial charge >= 0.3 is 5.97 Å². The summed E-state index contributed by atoms with van der Waals surface area (Å²) in [4.78, 5) is 36.4. The Labute approximate surface area is 167 Å². The lowest BCUT2D eigenvalue weighted by Gasteiger charge is -2.18. The fourth-order valence-corrected chi connectivity index (χ4v) is 3.98. The first-order valence-corrected chi connectivity index (χ1v) is 9.63. The largest absolute Gasteiger partial charge is 0.462 e. The van der Waals surface area contributed by atoms with Crippen molar-refractivity contribution in [3.8, 4) is 0 Å². The van der Waals surface area contributed by atoms with Crippen LogP contribution in [0.25, 0.3) is 5.52 Å². The van der Waals surface area contributed by atoms with E-state index in [9.17, 15) is 19.7 Å². The molecule has 0 amide bonds. The van der Waals surface area contributed by atoms with Crippen molar-refractivity contribution in [1.29, 1.82) is 0 Å². The number of esters is 1. The zero-order valence-electron chi connectivity index (χ0n) is 16.0. The van der Waals surface area contributed by atoms with Crippen molar-refractivity contribution in [2.24, 2.45) is 0 Å². The van der Waals surface area contributed by atoms with E-state index in [4.69, 9.17) is 4.74 Å². The second-order valence-corrected chi connectivity index (χ2v) is 7.05. The molecule has 1 aliphatic carbocycles. The molecule has 1 aliphatic rings. The second-order valence-electron chi connectivity index (χ2n) is 7.05. The number of hydrogen-bond donors (Lipinski definition) is 0. The molecular formula is C22H20N2O5. The molecule has 0 saturated heterocycles. The highest BCUT2D eigenvalue weighted by Crippen LogP contribution is 2.31. The molecule has 3 aromatic rings. The predicted molar refractivity (Wildman–Crippen MR) is 107 cm³/mol. The third-order valence-electron chi connectivity index (χ3n) is 5.30. The van der Waals surface area contributed by atoms with E-state index in [0.717, 1.165) is 31.2 Å². The molecule has 1 aromatic carbocycles. The number of pyridine rings is 1. The van der Waals surface area contributed by atoms with Crippen LogP contribution in [-0.4, -0.2) is 27.7 Å². The molecule has 0 N–H and O–H groups in total. The number of aryl methyl sites for hydroxylation is 2. The summed E-state index contributed by atoms with van der Waals surface area (Å²) in [6.07, 6.45) is 5.69. The molecule has 0 bridgehead atoms. The van der Waals surface area contributed by atoms with Gasteiger partial charge < -0.3 is 9.14 Å². The van der Waals surface area contributed by atoms with Gasteiger partial charge in [0.2, 0.25) is 5.78 Å². The quantitative estimate of drug-likeness (QED) is 0.282. The van der Waals surface area contributed by atoms with Gasteiger partial charge in [0.1, 0.15) is 0 Å². The molecule has 0 spiro atoms. The number of nitro groups is 1. The number of nitro benzene ring substituents is 1. The smallest absolute Gasteiger partial charge is 0.340 e. The standard InChI is InChI=1S/C22H20N2O5/c1-2-29-22(26)18-13-19(21(25)15-7-5-8-16(12-15)24(27)28)23-11-10-14-6-3-4-9-17(14)20(18)23/h5,7-8,10-13H,2-4,6,9H2,1H3. The minimum atomic E-state index is -0.534. The van der Waals surface area contributed by atoms with Crippen LogP contribution in [0.2, 0.25) is 0 Å². The Morgan fingerprint density at radius 3 is 2.72 bits per heavy atom. The number of ether oxygens (including phenoxy) is 1. The Balaban J connectivity index is 1.91. The number of nitrogens with zero attached hydrogens (tertiary/aromatic N) is 2. The topological polar surface area (TPSA) is 90.9 Å². The Hall–Kier alpha value is -3.48. The predicted octanol–water partition coefficient (Wildman–Crippen LogP) is 4.13. The minimum Gasteiger partial charge on any atom is -0.462 e. The molecule has 29 heavy (non-hydrogen) atoms. The lowest BCUT2D eigenvalue weighted by molar-refractivity contribution is -0.384. The normalized spacial score (nSPS) is 13.1. The molecule has 0 radical (unpaired) electrons. The van der Waals surface area contributed by atoms with Gasteiger partial charge in [-0.05, 0) is 55.9 Å². The summed E-state index contributed by atoms with van der Waals surface area (Å²) in [6, 6.07) is 9.15. The van der Waals surface area contributed by atoms with Gasteiger partial charge in [-0.1, -0.05) is 12.1 Å². The molecule has 7 nitrogen and oxygen atoms in total.